The summed E-state index contributed by atoms with van der Waals surface area (Å²) in [6.07, 6.45) is 4.94. The number of fused-ring (bicyclic) bond motifs is 1. The van der Waals surface area contributed by atoms with Gasteiger partial charge in [0, 0.05) is 30.2 Å². The molecule has 0 radical (unpaired) electrons. The van der Waals surface area contributed by atoms with Crippen molar-refractivity contribution in [3.63, 3.8) is 0 Å². The Balaban J connectivity index is 2.44. The molecule has 0 aliphatic heterocycles. The van der Waals surface area contributed by atoms with Crippen LogP contribution in [0.15, 0.2) is 37.1 Å². The van der Waals surface area contributed by atoms with Crippen LogP contribution in [0.2, 0.25) is 0 Å². The van der Waals surface area contributed by atoms with Gasteiger partial charge in [0.2, 0.25) is 10.0 Å². The van der Waals surface area contributed by atoms with Gasteiger partial charge in [-0.25, -0.2) is 13.1 Å². The molecular weight excluding hydrogens is 310 g/mol. The van der Waals surface area contributed by atoms with Crippen molar-refractivity contribution in [2.45, 2.75) is 18.7 Å². The fourth-order valence-corrected chi connectivity index (χ4v) is 3.40. The quantitative estimate of drug-likeness (QED) is 0.751. The van der Waals surface area contributed by atoms with Crippen LogP contribution in [0.25, 0.3) is 10.9 Å². The van der Waals surface area contributed by atoms with Crippen LogP contribution in [0.1, 0.15) is 11.1 Å². The highest BCUT2D eigenvalue weighted by molar-refractivity contribution is 7.88. The zero-order valence-electron chi connectivity index (χ0n) is 14.0. The lowest BCUT2D eigenvalue weighted by Gasteiger charge is -2.08. The second kappa shape index (κ2) is 7.29. The highest BCUT2D eigenvalue weighted by Crippen LogP contribution is 2.24. The van der Waals surface area contributed by atoms with E-state index in [4.69, 9.17) is 0 Å². The van der Waals surface area contributed by atoms with E-state index in [9.17, 15) is 8.42 Å². The summed E-state index contributed by atoms with van der Waals surface area (Å²) in [6, 6.07) is 5.87. The van der Waals surface area contributed by atoms with Crippen LogP contribution in [-0.4, -0.2) is 45.6 Å². The van der Waals surface area contributed by atoms with Crippen molar-refractivity contribution in [3.05, 3.63) is 48.2 Å². The van der Waals surface area contributed by atoms with Gasteiger partial charge in [-0.05, 0) is 50.8 Å². The van der Waals surface area contributed by atoms with Crippen molar-refractivity contribution in [1.29, 1.82) is 0 Å². The molecule has 0 saturated carbocycles. The molecule has 1 N–H and O–H groups in total. The van der Waals surface area contributed by atoms with Gasteiger partial charge in [-0.3, -0.25) is 0 Å². The molecule has 0 aliphatic carbocycles. The summed E-state index contributed by atoms with van der Waals surface area (Å²) in [5.41, 5.74) is 3.15. The number of allylic oxidation sites excluding steroid dienone is 1. The fraction of sp³-hybridized carbons (Fsp3) is 0.412. The Labute approximate surface area is 138 Å². The lowest BCUT2D eigenvalue weighted by molar-refractivity contribution is 0.414. The first kappa shape index (κ1) is 17.7. The molecule has 2 rings (SSSR count). The van der Waals surface area contributed by atoms with Crippen LogP contribution in [0, 0.1) is 0 Å². The fourth-order valence-electron chi connectivity index (χ4n) is 2.63. The highest BCUT2D eigenvalue weighted by atomic mass is 32.2. The third kappa shape index (κ3) is 4.43. The summed E-state index contributed by atoms with van der Waals surface area (Å²) in [6.45, 7) is 5.50. The molecule has 0 saturated heterocycles. The smallest absolute Gasteiger partial charge is 0.215 e. The molecule has 1 aromatic carbocycles. The molecule has 0 aliphatic rings. The molecular formula is C17H25N3O2S. The van der Waals surface area contributed by atoms with Gasteiger partial charge in [-0.15, -0.1) is 6.58 Å². The molecule has 2 aromatic rings. The SMILES string of the molecule is C=CCn1cc(CCN(C)C)c2cc(CS(=O)(=O)NC)ccc21. The lowest BCUT2D eigenvalue weighted by atomic mass is 10.1. The maximum absolute atomic E-state index is 11.8. The van der Waals surface area contributed by atoms with Crippen LogP contribution in [0.3, 0.4) is 0 Å². The molecule has 1 heterocycles. The molecule has 23 heavy (non-hydrogen) atoms. The normalized spacial score (nSPS) is 12.2. The van der Waals surface area contributed by atoms with Crippen molar-refractivity contribution in [3.8, 4) is 0 Å². The molecule has 126 valence electrons. The molecule has 0 amide bonds. The van der Waals surface area contributed by atoms with Gasteiger partial charge in [-0.1, -0.05) is 12.1 Å². The van der Waals surface area contributed by atoms with Crippen molar-refractivity contribution in [1.82, 2.24) is 14.2 Å². The van der Waals surface area contributed by atoms with E-state index >= 15 is 0 Å². The van der Waals surface area contributed by atoms with E-state index in [0.717, 1.165) is 36.0 Å². The number of sulfonamides is 1. The molecule has 0 atom stereocenters. The number of hydrogen-bond donors (Lipinski definition) is 1. The standard InChI is InChI=1S/C17H25N3O2S/c1-5-9-20-12-15(8-10-19(3)4)16-11-14(6-7-17(16)20)13-23(21,22)18-2/h5-7,11-12,18H,1,8-10,13H2,2-4H3. The molecule has 0 unspecified atom stereocenters. The van der Waals surface area contributed by atoms with Crippen LogP contribution in [0.4, 0.5) is 0 Å². The maximum Gasteiger partial charge on any atom is 0.215 e. The maximum atomic E-state index is 11.8. The van der Waals surface area contributed by atoms with Crippen molar-refractivity contribution >= 4 is 20.9 Å². The van der Waals surface area contributed by atoms with Gasteiger partial charge in [0.15, 0.2) is 0 Å². The van der Waals surface area contributed by atoms with E-state index in [1.807, 2.05) is 38.4 Å². The Morgan fingerprint density at radius 1 is 1.35 bits per heavy atom. The second-order valence-corrected chi connectivity index (χ2v) is 7.89. The number of nitrogens with zero attached hydrogens (tertiary/aromatic N) is 2. The van der Waals surface area contributed by atoms with Crippen LogP contribution >= 0.6 is 0 Å². The van der Waals surface area contributed by atoms with Gasteiger partial charge in [0.1, 0.15) is 0 Å². The summed E-state index contributed by atoms with van der Waals surface area (Å²) in [7, 11) is 2.28. The molecule has 6 heteroatoms. The van der Waals surface area contributed by atoms with Crippen LogP contribution < -0.4 is 4.72 Å². The van der Waals surface area contributed by atoms with Gasteiger partial charge in [-0.2, -0.15) is 0 Å². The van der Waals surface area contributed by atoms with E-state index in [1.165, 1.54) is 12.6 Å². The lowest BCUT2D eigenvalue weighted by Crippen LogP contribution is -2.20. The Kier molecular flexibility index (Phi) is 5.62. The number of hydrogen-bond acceptors (Lipinski definition) is 3. The topological polar surface area (TPSA) is 54.3 Å². The molecule has 0 bridgehead atoms. The first-order chi connectivity index (χ1) is 10.9. The monoisotopic (exact) mass is 335 g/mol. The third-order valence-corrected chi connectivity index (χ3v) is 5.19. The highest BCUT2D eigenvalue weighted by Gasteiger charge is 2.13. The van der Waals surface area contributed by atoms with Crippen LogP contribution in [0.5, 0.6) is 0 Å². The summed E-state index contributed by atoms with van der Waals surface area (Å²) in [5, 5.41) is 1.12. The van der Waals surface area contributed by atoms with Crippen molar-refractivity contribution < 1.29 is 8.42 Å². The minimum atomic E-state index is -3.26. The molecule has 0 spiro atoms. The second-order valence-electron chi connectivity index (χ2n) is 5.96. The number of aromatic nitrogens is 1. The summed E-state index contributed by atoms with van der Waals surface area (Å²) >= 11 is 0. The average molecular weight is 335 g/mol. The predicted molar refractivity (Wildman–Crippen MR) is 96.1 cm³/mol. The zero-order chi connectivity index (χ0) is 17.0. The van der Waals surface area contributed by atoms with E-state index < -0.39 is 10.0 Å². The first-order valence-corrected chi connectivity index (χ1v) is 9.29. The van der Waals surface area contributed by atoms with E-state index in [-0.39, 0.29) is 5.75 Å². The predicted octanol–water partition coefficient (Wildman–Crippen LogP) is 1.98. The zero-order valence-corrected chi connectivity index (χ0v) is 14.9. The number of nitrogens with one attached hydrogen (secondary N) is 1. The minimum Gasteiger partial charge on any atom is -0.343 e. The molecule has 0 fully saturated rings. The van der Waals surface area contributed by atoms with Crippen molar-refractivity contribution in [2.24, 2.45) is 0 Å². The van der Waals surface area contributed by atoms with Crippen LogP contribution in [-0.2, 0) is 28.7 Å². The first-order valence-electron chi connectivity index (χ1n) is 7.64. The Bertz CT molecular complexity index is 792. The Morgan fingerprint density at radius 2 is 2.09 bits per heavy atom. The van der Waals surface area contributed by atoms with Gasteiger partial charge in [0.25, 0.3) is 0 Å². The summed E-state index contributed by atoms with van der Waals surface area (Å²) in [5.74, 6) is -0.000795. The third-order valence-electron chi connectivity index (χ3n) is 3.85. The Morgan fingerprint density at radius 3 is 2.70 bits per heavy atom. The number of rotatable bonds is 8. The van der Waals surface area contributed by atoms with Gasteiger partial charge in [0.05, 0.1) is 5.75 Å². The van der Waals surface area contributed by atoms with Gasteiger partial charge < -0.3 is 9.47 Å². The number of benzene rings is 1. The molecule has 5 nitrogen and oxygen atoms in total. The number of likely N-dealkylation sites (N-methyl/N-ethyl adjacent to an activating group) is 1. The van der Waals surface area contributed by atoms with E-state index in [0.29, 0.717) is 0 Å². The average Bonchev–Trinajstić information content (AvgIpc) is 2.83. The largest absolute Gasteiger partial charge is 0.343 e. The van der Waals surface area contributed by atoms with Crippen molar-refractivity contribution in [2.75, 3.05) is 27.7 Å². The van der Waals surface area contributed by atoms with E-state index in [1.54, 1.807) is 0 Å². The summed E-state index contributed by atoms with van der Waals surface area (Å²) in [4.78, 5) is 2.14. The summed E-state index contributed by atoms with van der Waals surface area (Å²) < 4.78 is 28.1. The molecule has 1 aromatic heterocycles. The van der Waals surface area contributed by atoms with E-state index in [2.05, 4.69) is 27.0 Å². The Hall–Kier alpha value is -1.63. The van der Waals surface area contributed by atoms with Gasteiger partial charge >= 0.3 is 0 Å². The minimum absolute atomic E-state index is 0.000795.